The Morgan fingerprint density at radius 1 is 1.26 bits per heavy atom. The smallest absolute Gasteiger partial charge is 0.271 e. The standard InChI is InChI=1S/C16H16ClN3O3/c1-19(11-12-5-7-13(17)8-6-12)16(21)10-18-14-3-2-4-15(9-14)20(22)23/h2-9,18H,10-11H2,1H3. The van der Waals surface area contributed by atoms with Crippen LogP contribution in [0.1, 0.15) is 5.56 Å². The van der Waals surface area contributed by atoms with E-state index in [0.717, 1.165) is 5.56 Å². The zero-order valence-corrected chi connectivity index (χ0v) is 13.3. The van der Waals surface area contributed by atoms with Crippen molar-refractivity contribution in [1.82, 2.24) is 4.90 Å². The maximum absolute atomic E-state index is 12.1. The summed E-state index contributed by atoms with van der Waals surface area (Å²) in [6, 6.07) is 13.3. The lowest BCUT2D eigenvalue weighted by molar-refractivity contribution is -0.384. The van der Waals surface area contributed by atoms with Gasteiger partial charge in [0, 0.05) is 36.4 Å². The van der Waals surface area contributed by atoms with Crippen LogP contribution < -0.4 is 5.32 Å². The summed E-state index contributed by atoms with van der Waals surface area (Å²) in [7, 11) is 1.70. The van der Waals surface area contributed by atoms with E-state index in [-0.39, 0.29) is 18.1 Å². The summed E-state index contributed by atoms with van der Waals surface area (Å²) >= 11 is 5.82. The van der Waals surface area contributed by atoms with Gasteiger partial charge in [0.1, 0.15) is 0 Å². The molecule has 0 spiro atoms. The normalized spacial score (nSPS) is 10.2. The van der Waals surface area contributed by atoms with Gasteiger partial charge in [-0.3, -0.25) is 14.9 Å². The number of rotatable bonds is 6. The minimum absolute atomic E-state index is 0.0167. The van der Waals surface area contributed by atoms with E-state index in [1.54, 1.807) is 36.2 Å². The van der Waals surface area contributed by atoms with Gasteiger partial charge < -0.3 is 10.2 Å². The second-order valence-corrected chi connectivity index (χ2v) is 5.47. The fourth-order valence-electron chi connectivity index (χ4n) is 1.99. The third kappa shape index (κ3) is 4.96. The number of non-ortho nitro benzene ring substituents is 1. The topological polar surface area (TPSA) is 75.5 Å². The Bertz CT molecular complexity index is 704. The summed E-state index contributed by atoms with van der Waals surface area (Å²) in [5.41, 5.74) is 1.49. The van der Waals surface area contributed by atoms with Gasteiger partial charge in [-0.15, -0.1) is 0 Å². The van der Waals surface area contributed by atoms with E-state index in [1.807, 2.05) is 12.1 Å². The maximum atomic E-state index is 12.1. The first kappa shape index (κ1) is 16.8. The molecule has 0 aromatic heterocycles. The van der Waals surface area contributed by atoms with E-state index in [2.05, 4.69) is 5.32 Å². The summed E-state index contributed by atoms with van der Waals surface area (Å²) in [5.74, 6) is -0.119. The lowest BCUT2D eigenvalue weighted by atomic mass is 10.2. The Morgan fingerprint density at radius 3 is 2.61 bits per heavy atom. The number of nitrogens with one attached hydrogen (secondary N) is 1. The van der Waals surface area contributed by atoms with Crippen molar-refractivity contribution in [2.45, 2.75) is 6.54 Å². The monoisotopic (exact) mass is 333 g/mol. The highest BCUT2D eigenvalue weighted by molar-refractivity contribution is 6.30. The molecule has 0 heterocycles. The van der Waals surface area contributed by atoms with Gasteiger partial charge >= 0.3 is 0 Å². The lowest BCUT2D eigenvalue weighted by Crippen LogP contribution is -2.31. The van der Waals surface area contributed by atoms with Gasteiger partial charge in [0.05, 0.1) is 11.5 Å². The molecule has 1 amide bonds. The Labute approximate surface area is 138 Å². The van der Waals surface area contributed by atoms with Gasteiger partial charge in [-0.05, 0) is 23.8 Å². The van der Waals surface area contributed by atoms with Crippen LogP contribution in [0.25, 0.3) is 0 Å². The number of nitrogens with zero attached hydrogens (tertiary/aromatic N) is 2. The van der Waals surface area contributed by atoms with E-state index >= 15 is 0 Å². The SMILES string of the molecule is CN(Cc1ccc(Cl)cc1)C(=O)CNc1cccc([N+](=O)[O-])c1. The van der Waals surface area contributed by atoms with Crippen molar-refractivity contribution in [2.75, 3.05) is 18.9 Å². The largest absolute Gasteiger partial charge is 0.376 e. The first-order valence-corrected chi connectivity index (χ1v) is 7.30. The second-order valence-electron chi connectivity index (χ2n) is 5.04. The molecule has 1 N–H and O–H groups in total. The quantitative estimate of drug-likeness (QED) is 0.650. The van der Waals surface area contributed by atoms with E-state index < -0.39 is 4.92 Å². The predicted molar refractivity (Wildman–Crippen MR) is 89.5 cm³/mol. The molecule has 0 aliphatic heterocycles. The van der Waals surface area contributed by atoms with Crippen LogP contribution >= 0.6 is 11.6 Å². The molecule has 0 saturated heterocycles. The number of hydrogen-bond donors (Lipinski definition) is 1. The van der Waals surface area contributed by atoms with Crippen molar-refractivity contribution in [3.05, 3.63) is 69.2 Å². The van der Waals surface area contributed by atoms with Crippen LogP contribution in [0.4, 0.5) is 11.4 Å². The van der Waals surface area contributed by atoms with Gasteiger partial charge in [0.2, 0.25) is 5.91 Å². The number of hydrogen-bond acceptors (Lipinski definition) is 4. The third-order valence-corrected chi connectivity index (χ3v) is 3.51. The molecular weight excluding hydrogens is 318 g/mol. The van der Waals surface area contributed by atoms with Crippen molar-refractivity contribution in [3.8, 4) is 0 Å². The minimum Gasteiger partial charge on any atom is -0.376 e. The van der Waals surface area contributed by atoms with Crippen LogP contribution in [0.5, 0.6) is 0 Å². The molecule has 120 valence electrons. The number of carbonyl (C=O) groups excluding carboxylic acids is 1. The lowest BCUT2D eigenvalue weighted by Gasteiger charge is -2.18. The highest BCUT2D eigenvalue weighted by Gasteiger charge is 2.10. The highest BCUT2D eigenvalue weighted by Crippen LogP contribution is 2.17. The number of nitro groups is 1. The number of anilines is 1. The van der Waals surface area contributed by atoms with E-state index in [4.69, 9.17) is 11.6 Å². The van der Waals surface area contributed by atoms with Gasteiger partial charge in [-0.2, -0.15) is 0 Å². The van der Waals surface area contributed by atoms with E-state index in [0.29, 0.717) is 17.3 Å². The van der Waals surface area contributed by atoms with Crippen molar-refractivity contribution >= 4 is 28.9 Å². The average molecular weight is 334 g/mol. The highest BCUT2D eigenvalue weighted by atomic mass is 35.5. The molecule has 0 saturated carbocycles. The predicted octanol–water partition coefficient (Wildman–Crippen LogP) is 3.32. The molecule has 0 atom stereocenters. The molecule has 0 aliphatic rings. The number of carbonyl (C=O) groups is 1. The summed E-state index contributed by atoms with van der Waals surface area (Å²) in [6.07, 6.45) is 0. The van der Waals surface area contributed by atoms with Crippen molar-refractivity contribution in [3.63, 3.8) is 0 Å². The maximum Gasteiger partial charge on any atom is 0.271 e. The third-order valence-electron chi connectivity index (χ3n) is 3.26. The van der Waals surface area contributed by atoms with Gasteiger partial charge in [0.25, 0.3) is 5.69 Å². The van der Waals surface area contributed by atoms with Crippen molar-refractivity contribution < 1.29 is 9.72 Å². The van der Waals surface area contributed by atoms with Gasteiger partial charge in [-0.1, -0.05) is 29.8 Å². The Morgan fingerprint density at radius 2 is 1.96 bits per heavy atom. The second kappa shape index (κ2) is 7.60. The Kier molecular flexibility index (Phi) is 5.54. The molecule has 2 aromatic carbocycles. The van der Waals surface area contributed by atoms with Crippen LogP contribution in [0, 0.1) is 10.1 Å². The van der Waals surface area contributed by atoms with Crippen LogP contribution in [-0.2, 0) is 11.3 Å². The fourth-order valence-corrected chi connectivity index (χ4v) is 2.12. The fraction of sp³-hybridized carbons (Fsp3) is 0.188. The van der Waals surface area contributed by atoms with Gasteiger partial charge in [-0.25, -0.2) is 0 Å². The average Bonchev–Trinajstić information content (AvgIpc) is 2.55. The summed E-state index contributed by atoms with van der Waals surface area (Å²) in [4.78, 5) is 23.9. The van der Waals surface area contributed by atoms with Crippen LogP contribution in [-0.4, -0.2) is 29.3 Å². The van der Waals surface area contributed by atoms with E-state index in [1.165, 1.54) is 12.1 Å². The Hall–Kier alpha value is -2.60. The first-order valence-electron chi connectivity index (χ1n) is 6.92. The molecule has 0 radical (unpaired) electrons. The summed E-state index contributed by atoms with van der Waals surface area (Å²) < 4.78 is 0. The van der Waals surface area contributed by atoms with Crippen molar-refractivity contribution in [2.24, 2.45) is 0 Å². The van der Waals surface area contributed by atoms with Crippen LogP contribution in [0.15, 0.2) is 48.5 Å². The van der Waals surface area contributed by atoms with Crippen molar-refractivity contribution in [1.29, 1.82) is 0 Å². The van der Waals surface area contributed by atoms with E-state index in [9.17, 15) is 14.9 Å². The molecule has 0 aliphatic carbocycles. The molecule has 7 heteroatoms. The zero-order valence-electron chi connectivity index (χ0n) is 12.5. The summed E-state index contributed by atoms with van der Waals surface area (Å²) in [5, 5.41) is 14.3. The number of halogens is 1. The molecule has 2 aromatic rings. The minimum atomic E-state index is -0.473. The first-order chi connectivity index (χ1) is 11.0. The number of nitro benzene ring substituents is 1. The zero-order chi connectivity index (χ0) is 16.8. The molecule has 0 bridgehead atoms. The number of amides is 1. The van der Waals surface area contributed by atoms with Crippen LogP contribution in [0.2, 0.25) is 5.02 Å². The van der Waals surface area contributed by atoms with Crippen LogP contribution in [0.3, 0.4) is 0 Å². The summed E-state index contributed by atoms with van der Waals surface area (Å²) in [6.45, 7) is 0.526. The molecular formula is C16H16ClN3O3. The molecule has 23 heavy (non-hydrogen) atoms. The number of benzene rings is 2. The molecule has 0 unspecified atom stereocenters. The molecule has 0 fully saturated rings. The molecule has 2 rings (SSSR count). The number of likely N-dealkylation sites (N-methyl/N-ethyl adjacent to an activating group) is 1. The van der Waals surface area contributed by atoms with Gasteiger partial charge in [0.15, 0.2) is 0 Å². The molecule has 6 nitrogen and oxygen atoms in total. The Balaban J connectivity index is 1.90.